The van der Waals surface area contributed by atoms with Crippen molar-refractivity contribution >= 4 is 5.91 Å². The predicted molar refractivity (Wildman–Crippen MR) is 70.9 cm³/mol. The van der Waals surface area contributed by atoms with E-state index in [1.54, 1.807) is 0 Å². The van der Waals surface area contributed by atoms with E-state index in [1.165, 1.54) is 0 Å². The molecule has 1 amide bonds. The summed E-state index contributed by atoms with van der Waals surface area (Å²) >= 11 is 0. The van der Waals surface area contributed by atoms with Crippen molar-refractivity contribution in [3.63, 3.8) is 0 Å². The molecule has 0 spiro atoms. The predicted octanol–water partition coefficient (Wildman–Crippen LogP) is 0.688. The molecule has 0 aliphatic carbocycles. The summed E-state index contributed by atoms with van der Waals surface area (Å²) in [7, 11) is 4.14. The number of hydrogen-bond donors (Lipinski definition) is 2. The number of piperidine rings is 1. The van der Waals surface area contributed by atoms with E-state index in [9.17, 15) is 4.79 Å². The van der Waals surface area contributed by atoms with Crippen molar-refractivity contribution < 1.29 is 4.79 Å². The van der Waals surface area contributed by atoms with Gasteiger partial charge in [0.2, 0.25) is 5.91 Å². The lowest BCUT2D eigenvalue weighted by atomic mass is 9.98. The van der Waals surface area contributed by atoms with Gasteiger partial charge in [0.05, 0.1) is 5.92 Å². The summed E-state index contributed by atoms with van der Waals surface area (Å²) in [5.41, 5.74) is 0. The molecular weight excluding hydrogens is 214 g/mol. The first kappa shape index (κ1) is 14.5. The van der Waals surface area contributed by atoms with Crippen LogP contribution >= 0.6 is 0 Å². The molecule has 100 valence electrons. The molecular formula is C13H27N3O. The van der Waals surface area contributed by atoms with Gasteiger partial charge in [0.1, 0.15) is 0 Å². The Bertz CT molecular complexity index is 227. The van der Waals surface area contributed by atoms with Crippen LogP contribution < -0.4 is 10.6 Å². The second-order valence-electron chi connectivity index (χ2n) is 5.56. The number of carbonyl (C=O) groups excluding carboxylic acids is 1. The Labute approximate surface area is 105 Å². The molecule has 2 N–H and O–H groups in total. The van der Waals surface area contributed by atoms with Crippen LogP contribution in [0.15, 0.2) is 0 Å². The lowest BCUT2D eigenvalue weighted by Gasteiger charge is -2.29. The van der Waals surface area contributed by atoms with Crippen LogP contribution in [-0.4, -0.2) is 50.6 Å². The Balaban J connectivity index is 2.35. The Morgan fingerprint density at radius 2 is 2.18 bits per heavy atom. The number of nitrogens with zero attached hydrogens (tertiary/aromatic N) is 1. The number of rotatable bonds is 5. The molecule has 17 heavy (non-hydrogen) atoms. The largest absolute Gasteiger partial charge is 0.354 e. The fourth-order valence-electron chi connectivity index (χ4n) is 2.44. The average molecular weight is 241 g/mol. The molecule has 1 aliphatic heterocycles. The summed E-state index contributed by atoms with van der Waals surface area (Å²) in [5, 5.41) is 6.37. The van der Waals surface area contributed by atoms with Crippen molar-refractivity contribution in [3.8, 4) is 0 Å². The third kappa shape index (κ3) is 4.64. The molecule has 0 aromatic heterocycles. The van der Waals surface area contributed by atoms with Crippen LogP contribution in [0, 0.1) is 11.8 Å². The second-order valence-corrected chi connectivity index (χ2v) is 5.56. The molecule has 0 radical (unpaired) electrons. The topological polar surface area (TPSA) is 44.4 Å². The second kappa shape index (κ2) is 6.97. The molecule has 4 heteroatoms. The first-order valence-corrected chi connectivity index (χ1v) is 6.67. The zero-order chi connectivity index (χ0) is 12.8. The van der Waals surface area contributed by atoms with E-state index in [-0.39, 0.29) is 11.8 Å². The van der Waals surface area contributed by atoms with Crippen LogP contribution in [-0.2, 0) is 4.79 Å². The Morgan fingerprint density at radius 3 is 2.65 bits per heavy atom. The minimum atomic E-state index is 0.165. The highest BCUT2D eigenvalue weighted by atomic mass is 16.1. The normalized spacial score (nSPS) is 22.8. The van der Waals surface area contributed by atoms with Gasteiger partial charge in [0, 0.05) is 19.1 Å². The molecule has 2 atom stereocenters. The highest BCUT2D eigenvalue weighted by Crippen LogP contribution is 2.11. The van der Waals surface area contributed by atoms with E-state index >= 15 is 0 Å². The van der Waals surface area contributed by atoms with Gasteiger partial charge < -0.3 is 15.5 Å². The molecule has 1 aliphatic rings. The summed E-state index contributed by atoms with van der Waals surface area (Å²) < 4.78 is 0. The highest BCUT2D eigenvalue weighted by Gasteiger charge is 2.22. The summed E-state index contributed by atoms with van der Waals surface area (Å²) in [6.45, 7) is 7.02. The van der Waals surface area contributed by atoms with Gasteiger partial charge in [-0.3, -0.25) is 4.79 Å². The molecule has 1 heterocycles. The van der Waals surface area contributed by atoms with Crippen molar-refractivity contribution in [2.45, 2.75) is 32.7 Å². The van der Waals surface area contributed by atoms with Crippen molar-refractivity contribution in [2.24, 2.45) is 11.8 Å². The number of amides is 1. The van der Waals surface area contributed by atoms with E-state index < -0.39 is 0 Å². The van der Waals surface area contributed by atoms with Crippen molar-refractivity contribution in [1.82, 2.24) is 15.5 Å². The van der Waals surface area contributed by atoms with Crippen LogP contribution in [0.25, 0.3) is 0 Å². The van der Waals surface area contributed by atoms with Gasteiger partial charge in [-0.1, -0.05) is 13.8 Å². The fraction of sp³-hybridized carbons (Fsp3) is 0.923. The summed E-state index contributed by atoms with van der Waals surface area (Å²) in [4.78, 5) is 14.2. The van der Waals surface area contributed by atoms with E-state index in [2.05, 4.69) is 43.5 Å². The maximum atomic E-state index is 12.0. The molecule has 0 bridgehead atoms. The molecule has 0 aromatic carbocycles. The Morgan fingerprint density at radius 1 is 1.47 bits per heavy atom. The summed E-state index contributed by atoms with van der Waals surface area (Å²) in [6.07, 6.45) is 2.13. The lowest BCUT2D eigenvalue weighted by Crippen LogP contribution is -2.47. The van der Waals surface area contributed by atoms with Gasteiger partial charge in [-0.05, 0) is 39.4 Å². The Hall–Kier alpha value is -0.610. The molecule has 4 nitrogen and oxygen atoms in total. The fourth-order valence-corrected chi connectivity index (χ4v) is 2.44. The Kier molecular flexibility index (Phi) is 5.92. The highest BCUT2D eigenvalue weighted by molar-refractivity contribution is 5.79. The van der Waals surface area contributed by atoms with Crippen molar-refractivity contribution in [2.75, 3.05) is 33.7 Å². The molecule has 0 aromatic rings. The zero-order valence-electron chi connectivity index (χ0n) is 11.6. The van der Waals surface area contributed by atoms with Gasteiger partial charge in [-0.2, -0.15) is 0 Å². The first-order chi connectivity index (χ1) is 8.02. The minimum Gasteiger partial charge on any atom is -0.354 e. The van der Waals surface area contributed by atoms with Gasteiger partial charge in [-0.25, -0.2) is 0 Å². The summed E-state index contributed by atoms with van der Waals surface area (Å²) in [6, 6.07) is 0.412. The maximum Gasteiger partial charge on any atom is 0.224 e. The minimum absolute atomic E-state index is 0.165. The van der Waals surface area contributed by atoms with Gasteiger partial charge in [0.15, 0.2) is 0 Å². The SMILES string of the molecule is CC(C)C(CNC(=O)C1CCCNC1)N(C)C. The van der Waals surface area contributed by atoms with Gasteiger partial charge in [0.25, 0.3) is 0 Å². The van der Waals surface area contributed by atoms with E-state index in [4.69, 9.17) is 0 Å². The third-order valence-electron chi connectivity index (χ3n) is 3.59. The van der Waals surface area contributed by atoms with Crippen LogP contribution in [0.3, 0.4) is 0 Å². The third-order valence-corrected chi connectivity index (χ3v) is 3.59. The van der Waals surface area contributed by atoms with Crippen molar-refractivity contribution in [3.05, 3.63) is 0 Å². The maximum absolute atomic E-state index is 12.0. The lowest BCUT2D eigenvalue weighted by molar-refractivity contribution is -0.125. The van der Waals surface area contributed by atoms with Crippen LogP contribution in [0.1, 0.15) is 26.7 Å². The first-order valence-electron chi connectivity index (χ1n) is 6.67. The van der Waals surface area contributed by atoms with Crippen LogP contribution in [0.5, 0.6) is 0 Å². The van der Waals surface area contributed by atoms with Gasteiger partial charge in [-0.15, -0.1) is 0 Å². The molecule has 0 saturated carbocycles. The van der Waals surface area contributed by atoms with Crippen LogP contribution in [0.2, 0.25) is 0 Å². The number of carbonyl (C=O) groups is 1. The smallest absolute Gasteiger partial charge is 0.224 e. The zero-order valence-corrected chi connectivity index (χ0v) is 11.6. The van der Waals surface area contributed by atoms with E-state index in [0.29, 0.717) is 12.0 Å². The standard InChI is InChI=1S/C13H27N3O/c1-10(2)12(16(3)4)9-15-13(17)11-6-5-7-14-8-11/h10-12,14H,5-9H2,1-4H3,(H,15,17). The van der Waals surface area contributed by atoms with Crippen molar-refractivity contribution in [1.29, 1.82) is 0 Å². The van der Waals surface area contributed by atoms with E-state index in [0.717, 1.165) is 32.5 Å². The quantitative estimate of drug-likeness (QED) is 0.744. The number of hydrogen-bond acceptors (Lipinski definition) is 3. The molecule has 2 unspecified atom stereocenters. The van der Waals surface area contributed by atoms with Gasteiger partial charge >= 0.3 is 0 Å². The van der Waals surface area contributed by atoms with Crippen LogP contribution in [0.4, 0.5) is 0 Å². The number of nitrogens with one attached hydrogen (secondary N) is 2. The molecule has 1 fully saturated rings. The van der Waals surface area contributed by atoms with E-state index in [1.807, 2.05) is 0 Å². The summed E-state index contributed by atoms with van der Waals surface area (Å²) in [5.74, 6) is 0.929. The number of likely N-dealkylation sites (N-methyl/N-ethyl adjacent to an activating group) is 1. The average Bonchev–Trinajstić information content (AvgIpc) is 2.29. The monoisotopic (exact) mass is 241 g/mol. The molecule has 1 saturated heterocycles. The molecule has 1 rings (SSSR count).